The van der Waals surface area contributed by atoms with Gasteiger partial charge in [-0.2, -0.15) is 0 Å². The molecule has 1 aliphatic rings. The molecular formula is C17H28N2. The Kier molecular flexibility index (Phi) is 5.41. The summed E-state index contributed by atoms with van der Waals surface area (Å²) in [6.07, 6.45) is 6.52. The number of rotatable bonds is 5. The Bertz CT molecular complexity index is 371. The SMILES string of the molecule is CC1CCCC(N(C)Cc2ccc(CCN)cc2)C1. The predicted molar refractivity (Wildman–Crippen MR) is 82.1 cm³/mol. The maximum atomic E-state index is 5.58. The third-order valence-corrected chi connectivity index (χ3v) is 4.42. The van der Waals surface area contributed by atoms with Crippen molar-refractivity contribution in [1.29, 1.82) is 0 Å². The molecule has 1 aromatic rings. The van der Waals surface area contributed by atoms with Gasteiger partial charge in [0.05, 0.1) is 0 Å². The maximum absolute atomic E-state index is 5.58. The Labute approximate surface area is 118 Å². The van der Waals surface area contributed by atoms with Crippen LogP contribution >= 0.6 is 0 Å². The molecule has 1 aliphatic carbocycles. The first-order valence-electron chi connectivity index (χ1n) is 7.67. The van der Waals surface area contributed by atoms with Gasteiger partial charge in [-0.05, 0) is 49.9 Å². The summed E-state index contributed by atoms with van der Waals surface area (Å²) in [7, 11) is 2.27. The zero-order valence-corrected chi connectivity index (χ0v) is 12.4. The van der Waals surface area contributed by atoms with Gasteiger partial charge in [-0.15, -0.1) is 0 Å². The van der Waals surface area contributed by atoms with E-state index < -0.39 is 0 Å². The highest BCUT2D eigenvalue weighted by molar-refractivity contribution is 5.22. The van der Waals surface area contributed by atoms with Gasteiger partial charge in [0.25, 0.3) is 0 Å². The van der Waals surface area contributed by atoms with E-state index in [9.17, 15) is 0 Å². The van der Waals surface area contributed by atoms with Crippen molar-refractivity contribution < 1.29 is 0 Å². The highest BCUT2D eigenvalue weighted by Gasteiger charge is 2.22. The van der Waals surface area contributed by atoms with Gasteiger partial charge in [-0.25, -0.2) is 0 Å². The lowest BCUT2D eigenvalue weighted by Crippen LogP contribution is -2.35. The van der Waals surface area contributed by atoms with Crippen molar-refractivity contribution in [2.24, 2.45) is 11.7 Å². The standard InChI is InChI=1S/C17H28N2/c1-14-4-3-5-17(12-14)19(2)13-16-8-6-15(7-9-16)10-11-18/h6-9,14,17H,3-5,10-13,18H2,1-2H3. The molecule has 0 radical (unpaired) electrons. The first kappa shape index (κ1) is 14.5. The van der Waals surface area contributed by atoms with E-state index in [-0.39, 0.29) is 0 Å². The molecule has 0 heterocycles. The van der Waals surface area contributed by atoms with Crippen LogP contribution in [0.3, 0.4) is 0 Å². The van der Waals surface area contributed by atoms with Gasteiger partial charge in [0, 0.05) is 12.6 Å². The van der Waals surface area contributed by atoms with Crippen molar-refractivity contribution in [3.8, 4) is 0 Å². The van der Waals surface area contributed by atoms with Crippen LogP contribution in [0.5, 0.6) is 0 Å². The van der Waals surface area contributed by atoms with Crippen LogP contribution in [0.2, 0.25) is 0 Å². The zero-order chi connectivity index (χ0) is 13.7. The monoisotopic (exact) mass is 260 g/mol. The fourth-order valence-electron chi connectivity index (χ4n) is 3.20. The molecule has 0 bridgehead atoms. The van der Waals surface area contributed by atoms with Gasteiger partial charge in [-0.1, -0.05) is 44.0 Å². The van der Waals surface area contributed by atoms with E-state index in [1.807, 2.05) is 0 Å². The largest absolute Gasteiger partial charge is 0.330 e. The maximum Gasteiger partial charge on any atom is 0.0233 e. The Hall–Kier alpha value is -0.860. The van der Waals surface area contributed by atoms with Crippen molar-refractivity contribution in [1.82, 2.24) is 4.90 Å². The summed E-state index contributed by atoms with van der Waals surface area (Å²) < 4.78 is 0. The number of nitrogens with zero attached hydrogens (tertiary/aromatic N) is 1. The van der Waals surface area contributed by atoms with Gasteiger partial charge < -0.3 is 5.73 Å². The number of hydrogen-bond acceptors (Lipinski definition) is 2. The average Bonchev–Trinajstić information content (AvgIpc) is 2.41. The molecule has 0 aromatic heterocycles. The molecule has 19 heavy (non-hydrogen) atoms. The molecule has 2 nitrogen and oxygen atoms in total. The minimum Gasteiger partial charge on any atom is -0.330 e. The van der Waals surface area contributed by atoms with Crippen LogP contribution in [0.15, 0.2) is 24.3 Å². The van der Waals surface area contributed by atoms with Crippen LogP contribution in [0.4, 0.5) is 0 Å². The topological polar surface area (TPSA) is 29.3 Å². The van der Waals surface area contributed by atoms with Gasteiger partial charge in [-0.3, -0.25) is 4.90 Å². The summed E-state index contributed by atoms with van der Waals surface area (Å²) in [5.74, 6) is 0.896. The fraction of sp³-hybridized carbons (Fsp3) is 0.647. The van der Waals surface area contributed by atoms with Crippen molar-refractivity contribution in [3.63, 3.8) is 0 Å². The van der Waals surface area contributed by atoms with Gasteiger partial charge in [0.15, 0.2) is 0 Å². The summed E-state index contributed by atoms with van der Waals surface area (Å²) in [5.41, 5.74) is 8.35. The molecular weight excluding hydrogens is 232 g/mol. The Morgan fingerprint density at radius 3 is 2.47 bits per heavy atom. The molecule has 1 saturated carbocycles. The second kappa shape index (κ2) is 7.06. The van der Waals surface area contributed by atoms with E-state index in [1.165, 1.54) is 36.8 Å². The lowest BCUT2D eigenvalue weighted by atomic mass is 9.86. The van der Waals surface area contributed by atoms with Gasteiger partial charge in [0.2, 0.25) is 0 Å². The minimum absolute atomic E-state index is 0.735. The van der Waals surface area contributed by atoms with Crippen LogP contribution in [0, 0.1) is 5.92 Å². The lowest BCUT2D eigenvalue weighted by molar-refractivity contribution is 0.157. The molecule has 1 aromatic carbocycles. The van der Waals surface area contributed by atoms with E-state index in [4.69, 9.17) is 5.73 Å². The Morgan fingerprint density at radius 2 is 1.84 bits per heavy atom. The normalized spacial score (nSPS) is 23.8. The number of benzene rings is 1. The Balaban J connectivity index is 1.88. The van der Waals surface area contributed by atoms with Gasteiger partial charge >= 0.3 is 0 Å². The first-order valence-corrected chi connectivity index (χ1v) is 7.67. The number of nitrogens with two attached hydrogens (primary N) is 1. The molecule has 2 rings (SSSR count). The molecule has 2 N–H and O–H groups in total. The van der Waals surface area contributed by atoms with Crippen molar-refractivity contribution in [2.75, 3.05) is 13.6 Å². The van der Waals surface area contributed by atoms with Crippen molar-refractivity contribution >= 4 is 0 Å². The van der Waals surface area contributed by atoms with E-state index in [0.717, 1.165) is 31.5 Å². The average molecular weight is 260 g/mol. The third kappa shape index (κ3) is 4.32. The van der Waals surface area contributed by atoms with Crippen LogP contribution in [0.25, 0.3) is 0 Å². The zero-order valence-electron chi connectivity index (χ0n) is 12.4. The Morgan fingerprint density at radius 1 is 1.16 bits per heavy atom. The first-order chi connectivity index (χ1) is 9.19. The van der Waals surface area contributed by atoms with E-state index >= 15 is 0 Å². The quantitative estimate of drug-likeness (QED) is 0.881. The molecule has 2 heteroatoms. The molecule has 0 spiro atoms. The highest BCUT2D eigenvalue weighted by atomic mass is 15.1. The molecule has 0 saturated heterocycles. The smallest absolute Gasteiger partial charge is 0.0233 e. The van der Waals surface area contributed by atoms with Crippen LogP contribution in [0.1, 0.15) is 43.7 Å². The van der Waals surface area contributed by atoms with Crippen molar-refractivity contribution in [2.45, 2.75) is 51.6 Å². The summed E-state index contributed by atoms with van der Waals surface area (Å²) in [5, 5.41) is 0. The minimum atomic E-state index is 0.735. The summed E-state index contributed by atoms with van der Waals surface area (Å²) in [6.45, 7) is 4.20. The van der Waals surface area contributed by atoms with E-state index in [1.54, 1.807) is 0 Å². The number of hydrogen-bond donors (Lipinski definition) is 1. The highest BCUT2D eigenvalue weighted by Crippen LogP contribution is 2.27. The second-order valence-electron chi connectivity index (χ2n) is 6.20. The third-order valence-electron chi connectivity index (χ3n) is 4.42. The van der Waals surface area contributed by atoms with E-state index in [0.29, 0.717) is 0 Å². The molecule has 2 atom stereocenters. The lowest BCUT2D eigenvalue weighted by Gasteiger charge is -2.34. The van der Waals surface area contributed by atoms with Crippen LogP contribution < -0.4 is 5.73 Å². The van der Waals surface area contributed by atoms with Crippen molar-refractivity contribution in [3.05, 3.63) is 35.4 Å². The van der Waals surface area contributed by atoms with E-state index in [2.05, 4.69) is 43.1 Å². The summed E-state index contributed by atoms with van der Waals surface area (Å²) in [4.78, 5) is 2.54. The molecule has 1 fully saturated rings. The van der Waals surface area contributed by atoms with Crippen LogP contribution in [-0.4, -0.2) is 24.5 Å². The fourth-order valence-corrected chi connectivity index (χ4v) is 3.20. The molecule has 0 aliphatic heterocycles. The molecule has 106 valence electrons. The predicted octanol–water partition coefficient (Wildman–Crippen LogP) is 3.20. The van der Waals surface area contributed by atoms with Gasteiger partial charge in [0.1, 0.15) is 0 Å². The van der Waals surface area contributed by atoms with Crippen LogP contribution in [-0.2, 0) is 13.0 Å². The molecule has 0 amide bonds. The molecule has 2 unspecified atom stereocenters. The summed E-state index contributed by atoms with van der Waals surface area (Å²) in [6, 6.07) is 9.73. The second-order valence-corrected chi connectivity index (χ2v) is 6.20. The summed E-state index contributed by atoms with van der Waals surface area (Å²) >= 11 is 0.